The first kappa shape index (κ1) is 25.8. The van der Waals surface area contributed by atoms with E-state index < -0.39 is 17.2 Å². The predicted molar refractivity (Wildman–Crippen MR) is 143 cm³/mol. The molecule has 38 heavy (non-hydrogen) atoms. The highest BCUT2D eigenvalue weighted by molar-refractivity contribution is 5.65. The van der Waals surface area contributed by atoms with Gasteiger partial charge in [-0.05, 0) is 96.8 Å². The average molecular weight is 518 g/mol. The third-order valence-electron chi connectivity index (χ3n) is 7.60. The summed E-state index contributed by atoms with van der Waals surface area (Å²) in [6.07, 6.45) is 3.83. The molecule has 6 heteroatoms. The fourth-order valence-corrected chi connectivity index (χ4v) is 5.30. The van der Waals surface area contributed by atoms with Crippen LogP contribution in [0.5, 0.6) is 11.5 Å². The van der Waals surface area contributed by atoms with E-state index in [0.717, 1.165) is 58.5 Å². The summed E-state index contributed by atoms with van der Waals surface area (Å²) in [4.78, 5) is 4.21. The molecule has 1 atom stereocenters. The Morgan fingerprint density at radius 1 is 0.684 bits per heavy atom. The maximum atomic E-state index is 13.0. The number of nitrogens with zero attached hydrogens (tertiary/aromatic N) is 1. The van der Waals surface area contributed by atoms with Gasteiger partial charge < -0.3 is 9.47 Å². The molecule has 0 bridgehead atoms. The van der Waals surface area contributed by atoms with Crippen molar-refractivity contribution >= 4 is 0 Å². The van der Waals surface area contributed by atoms with Crippen molar-refractivity contribution in [1.82, 2.24) is 4.98 Å². The first-order valence-electron chi connectivity index (χ1n) is 12.8. The van der Waals surface area contributed by atoms with Crippen LogP contribution in [0.1, 0.15) is 54.9 Å². The van der Waals surface area contributed by atoms with E-state index in [0.29, 0.717) is 5.75 Å². The number of methoxy groups -OCH3 is 1. The second-order valence-corrected chi connectivity index (χ2v) is 9.90. The largest absolute Gasteiger partial charge is 0.493 e. The molecule has 196 valence electrons. The molecule has 3 nitrogen and oxygen atoms in total. The molecule has 0 spiro atoms. The normalized spacial score (nSPS) is 15.7. The summed E-state index contributed by atoms with van der Waals surface area (Å²) >= 11 is 0. The Kier molecular flexibility index (Phi) is 7.15. The van der Waals surface area contributed by atoms with Gasteiger partial charge >= 0.3 is 6.18 Å². The summed E-state index contributed by atoms with van der Waals surface area (Å²) in [5.74, 6) is 1.44. The van der Waals surface area contributed by atoms with Crippen molar-refractivity contribution < 1.29 is 22.6 Å². The number of hydrogen-bond acceptors (Lipinski definition) is 3. The summed E-state index contributed by atoms with van der Waals surface area (Å²) in [5, 5.41) is 0. The molecule has 4 aromatic rings. The van der Waals surface area contributed by atoms with Crippen LogP contribution in [0.2, 0.25) is 0 Å². The van der Waals surface area contributed by atoms with Crippen LogP contribution in [-0.2, 0) is 11.6 Å². The van der Waals surface area contributed by atoms with Gasteiger partial charge in [-0.2, -0.15) is 13.2 Å². The van der Waals surface area contributed by atoms with Crippen molar-refractivity contribution in [2.24, 2.45) is 0 Å². The molecule has 0 saturated heterocycles. The molecule has 3 aromatic carbocycles. The molecule has 0 radical (unpaired) electrons. The van der Waals surface area contributed by atoms with Crippen molar-refractivity contribution in [3.63, 3.8) is 0 Å². The summed E-state index contributed by atoms with van der Waals surface area (Å²) < 4.78 is 51.0. The van der Waals surface area contributed by atoms with Crippen LogP contribution in [0.15, 0.2) is 91.3 Å². The summed E-state index contributed by atoms with van der Waals surface area (Å²) in [5.41, 5.74) is 3.52. The van der Waals surface area contributed by atoms with Crippen LogP contribution in [0, 0.1) is 0 Å². The zero-order chi connectivity index (χ0) is 26.8. The van der Waals surface area contributed by atoms with E-state index >= 15 is 0 Å². The number of alkyl halides is 3. The third-order valence-corrected chi connectivity index (χ3v) is 7.60. The van der Waals surface area contributed by atoms with Crippen LogP contribution in [-0.4, -0.2) is 18.2 Å². The number of rotatable bonds is 7. The highest BCUT2D eigenvalue weighted by Crippen LogP contribution is 2.43. The van der Waals surface area contributed by atoms with Crippen molar-refractivity contribution in [1.29, 1.82) is 0 Å². The standard InChI is InChI=1S/C32H30F3NO2/c1-31(25-17-19-36-20-18-25,27-15-16-29(37-2)30(21-27)38-28-5-3-4-6-28)24-11-7-22(8-12-24)23-9-13-26(14-10-23)32(33,34)35/h7-21,28H,3-6H2,1-2H3. The molecule has 5 rings (SSSR count). The SMILES string of the molecule is COc1ccc(C(C)(c2ccncc2)c2ccc(-c3ccc(C(F)(F)F)cc3)cc2)cc1OC1CCCC1. The zero-order valence-electron chi connectivity index (χ0n) is 21.5. The number of hydrogen-bond donors (Lipinski definition) is 0. The van der Waals surface area contributed by atoms with Gasteiger partial charge in [-0.15, -0.1) is 0 Å². The van der Waals surface area contributed by atoms with Crippen LogP contribution >= 0.6 is 0 Å². The fraction of sp³-hybridized carbons (Fsp3) is 0.281. The van der Waals surface area contributed by atoms with Gasteiger partial charge in [0.2, 0.25) is 0 Å². The van der Waals surface area contributed by atoms with Gasteiger partial charge in [-0.3, -0.25) is 4.98 Å². The third kappa shape index (κ3) is 5.13. The molecular weight excluding hydrogens is 487 g/mol. The molecule has 1 aliphatic carbocycles. The maximum absolute atomic E-state index is 13.0. The highest BCUT2D eigenvalue weighted by Gasteiger charge is 2.33. The number of ether oxygens (including phenoxy) is 2. The van der Waals surface area contributed by atoms with Crippen LogP contribution < -0.4 is 9.47 Å². The lowest BCUT2D eigenvalue weighted by molar-refractivity contribution is -0.137. The summed E-state index contributed by atoms with van der Waals surface area (Å²) in [6, 6.07) is 23.3. The van der Waals surface area contributed by atoms with Crippen LogP contribution in [0.3, 0.4) is 0 Å². The van der Waals surface area contributed by atoms with Crippen molar-refractivity contribution in [2.75, 3.05) is 7.11 Å². The maximum Gasteiger partial charge on any atom is 0.416 e. The van der Waals surface area contributed by atoms with Crippen LogP contribution in [0.4, 0.5) is 13.2 Å². The van der Waals surface area contributed by atoms with Crippen molar-refractivity contribution in [2.45, 2.75) is 50.3 Å². The van der Waals surface area contributed by atoms with Gasteiger partial charge in [0.15, 0.2) is 11.5 Å². The number of benzene rings is 3. The molecule has 0 N–H and O–H groups in total. The van der Waals surface area contributed by atoms with Gasteiger partial charge in [0.05, 0.1) is 18.8 Å². The van der Waals surface area contributed by atoms with Gasteiger partial charge in [0.1, 0.15) is 0 Å². The quantitative estimate of drug-likeness (QED) is 0.246. The fourth-order valence-electron chi connectivity index (χ4n) is 5.30. The van der Waals surface area contributed by atoms with E-state index in [1.165, 1.54) is 25.0 Å². The zero-order valence-corrected chi connectivity index (χ0v) is 21.5. The van der Waals surface area contributed by atoms with Gasteiger partial charge in [0, 0.05) is 17.8 Å². The van der Waals surface area contributed by atoms with E-state index in [-0.39, 0.29) is 6.10 Å². The number of pyridine rings is 1. The smallest absolute Gasteiger partial charge is 0.416 e. The molecule has 1 fully saturated rings. The molecule has 0 amide bonds. The Hall–Kier alpha value is -3.80. The monoisotopic (exact) mass is 517 g/mol. The van der Waals surface area contributed by atoms with Crippen LogP contribution in [0.25, 0.3) is 11.1 Å². The van der Waals surface area contributed by atoms with Gasteiger partial charge in [-0.1, -0.05) is 42.5 Å². The Morgan fingerprint density at radius 3 is 1.76 bits per heavy atom. The second kappa shape index (κ2) is 10.5. The average Bonchev–Trinajstić information content (AvgIpc) is 3.46. The first-order valence-corrected chi connectivity index (χ1v) is 12.8. The topological polar surface area (TPSA) is 31.4 Å². The molecule has 0 aliphatic heterocycles. The van der Waals surface area contributed by atoms with E-state index in [4.69, 9.17) is 9.47 Å². The molecular formula is C32H30F3NO2. The van der Waals surface area contributed by atoms with E-state index in [1.54, 1.807) is 19.5 Å². The number of halogens is 3. The highest BCUT2D eigenvalue weighted by atomic mass is 19.4. The second-order valence-electron chi connectivity index (χ2n) is 9.90. The minimum atomic E-state index is -4.35. The van der Waals surface area contributed by atoms with E-state index in [9.17, 15) is 13.2 Å². The lowest BCUT2D eigenvalue weighted by Crippen LogP contribution is -2.25. The van der Waals surface area contributed by atoms with E-state index in [2.05, 4.69) is 24.0 Å². The lowest BCUT2D eigenvalue weighted by atomic mass is 9.71. The number of aromatic nitrogens is 1. The van der Waals surface area contributed by atoms with Crippen molar-refractivity contribution in [3.05, 3.63) is 114 Å². The Labute approximate surface area is 221 Å². The minimum Gasteiger partial charge on any atom is -0.493 e. The Morgan fingerprint density at radius 2 is 1.21 bits per heavy atom. The van der Waals surface area contributed by atoms with Gasteiger partial charge in [0.25, 0.3) is 0 Å². The minimum absolute atomic E-state index is 0.189. The molecule has 1 saturated carbocycles. The molecule has 1 heterocycles. The Bertz CT molecular complexity index is 1360. The summed E-state index contributed by atoms with van der Waals surface area (Å²) in [7, 11) is 1.65. The predicted octanol–water partition coefficient (Wildman–Crippen LogP) is 8.45. The lowest BCUT2D eigenvalue weighted by Gasteiger charge is -2.32. The molecule has 1 aliphatic rings. The Balaban J connectivity index is 1.54. The molecule has 1 aromatic heterocycles. The van der Waals surface area contributed by atoms with Gasteiger partial charge in [-0.25, -0.2) is 0 Å². The summed E-state index contributed by atoms with van der Waals surface area (Å²) in [6.45, 7) is 2.16. The van der Waals surface area contributed by atoms with E-state index in [1.807, 2.05) is 42.5 Å². The molecule has 1 unspecified atom stereocenters. The first-order chi connectivity index (χ1) is 18.3. The van der Waals surface area contributed by atoms with Crippen molar-refractivity contribution in [3.8, 4) is 22.6 Å².